The van der Waals surface area contributed by atoms with Crippen LogP contribution in [-0.4, -0.2) is 26.0 Å². The minimum Gasteiger partial charge on any atom is -0.478 e. The molecule has 4 rings (SSSR count). The number of nitrogens with one attached hydrogen (secondary N) is 1. The van der Waals surface area contributed by atoms with Crippen molar-refractivity contribution in [3.8, 4) is 11.4 Å². The van der Waals surface area contributed by atoms with Crippen LogP contribution in [0.5, 0.6) is 0 Å². The summed E-state index contributed by atoms with van der Waals surface area (Å²) in [6.07, 6.45) is 1.58. The number of halogens is 1. The number of fused-ring (bicyclic) bond motifs is 2. The smallest absolute Gasteiger partial charge is 0.337 e. The van der Waals surface area contributed by atoms with Crippen molar-refractivity contribution in [2.45, 2.75) is 0 Å². The zero-order chi connectivity index (χ0) is 16.0. The molecule has 2 aromatic heterocycles. The topological polar surface area (TPSA) is 78.9 Å². The lowest BCUT2D eigenvalue weighted by atomic mass is 10.0. The van der Waals surface area contributed by atoms with E-state index in [0.717, 1.165) is 16.4 Å². The van der Waals surface area contributed by atoms with Gasteiger partial charge in [-0.25, -0.2) is 9.78 Å². The van der Waals surface area contributed by atoms with E-state index in [2.05, 4.69) is 15.0 Å². The third-order valence-electron chi connectivity index (χ3n) is 3.65. The number of imidazole rings is 1. The van der Waals surface area contributed by atoms with Crippen LogP contribution in [-0.2, 0) is 0 Å². The van der Waals surface area contributed by atoms with Crippen LogP contribution in [0.15, 0.2) is 48.7 Å². The number of nitrogens with zero attached hydrogens (tertiary/aromatic N) is 2. The summed E-state index contributed by atoms with van der Waals surface area (Å²) in [7, 11) is 0. The highest BCUT2D eigenvalue weighted by Gasteiger charge is 2.14. The van der Waals surface area contributed by atoms with Crippen LogP contribution < -0.4 is 0 Å². The van der Waals surface area contributed by atoms with Crippen LogP contribution in [0.25, 0.3) is 33.3 Å². The van der Waals surface area contributed by atoms with E-state index in [1.54, 1.807) is 30.5 Å². The molecule has 112 valence electrons. The molecule has 2 heterocycles. The summed E-state index contributed by atoms with van der Waals surface area (Å²) >= 11 is 5.99. The Kier molecular flexibility index (Phi) is 3.02. The van der Waals surface area contributed by atoms with E-state index < -0.39 is 5.97 Å². The molecule has 4 aromatic rings. The van der Waals surface area contributed by atoms with Crippen LogP contribution in [0.3, 0.4) is 0 Å². The maximum atomic E-state index is 11.5. The lowest BCUT2D eigenvalue weighted by Crippen LogP contribution is -2.00. The molecule has 0 radical (unpaired) electrons. The molecular formula is C17H10ClN3O2. The Morgan fingerprint density at radius 1 is 1.17 bits per heavy atom. The molecule has 0 amide bonds. The minimum atomic E-state index is -1.02. The van der Waals surface area contributed by atoms with Gasteiger partial charge >= 0.3 is 5.97 Å². The highest BCUT2D eigenvalue weighted by atomic mass is 35.5. The summed E-state index contributed by atoms with van der Waals surface area (Å²) in [5.74, 6) is -0.426. The molecule has 0 bridgehead atoms. The van der Waals surface area contributed by atoms with E-state index >= 15 is 0 Å². The number of H-pyrrole nitrogens is 1. The van der Waals surface area contributed by atoms with Gasteiger partial charge in [0, 0.05) is 22.2 Å². The fourth-order valence-electron chi connectivity index (χ4n) is 2.61. The minimum absolute atomic E-state index is 0.150. The second-order valence-electron chi connectivity index (χ2n) is 5.15. The summed E-state index contributed by atoms with van der Waals surface area (Å²) in [6, 6.07) is 12.4. The van der Waals surface area contributed by atoms with E-state index in [1.807, 2.05) is 18.2 Å². The third kappa shape index (κ3) is 2.31. The van der Waals surface area contributed by atoms with Crippen molar-refractivity contribution >= 4 is 39.5 Å². The molecule has 0 saturated carbocycles. The molecule has 0 fully saturated rings. The van der Waals surface area contributed by atoms with Gasteiger partial charge in [-0.05, 0) is 36.4 Å². The second-order valence-corrected chi connectivity index (χ2v) is 5.59. The Morgan fingerprint density at radius 2 is 2.04 bits per heavy atom. The molecule has 0 saturated heterocycles. The quantitative estimate of drug-likeness (QED) is 0.581. The lowest BCUT2D eigenvalue weighted by molar-refractivity contribution is 0.0699. The van der Waals surface area contributed by atoms with Gasteiger partial charge in [0.1, 0.15) is 5.82 Å². The van der Waals surface area contributed by atoms with Crippen LogP contribution in [0.4, 0.5) is 0 Å². The van der Waals surface area contributed by atoms with Crippen molar-refractivity contribution in [1.82, 2.24) is 15.0 Å². The first-order valence-corrected chi connectivity index (χ1v) is 7.27. The number of carbonyl (C=O) groups is 1. The van der Waals surface area contributed by atoms with Crippen LogP contribution in [0.1, 0.15) is 10.4 Å². The first-order chi connectivity index (χ1) is 11.1. The van der Waals surface area contributed by atoms with Crippen LogP contribution in [0.2, 0.25) is 5.02 Å². The molecule has 23 heavy (non-hydrogen) atoms. The molecule has 0 aliphatic heterocycles. The van der Waals surface area contributed by atoms with Gasteiger partial charge in [0.05, 0.1) is 22.1 Å². The Balaban J connectivity index is 1.98. The Labute approximate surface area is 135 Å². The first-order valence-electron chi connectivity index (χ1n) is 6.89. The van der Waals surface area contributed by atoms with Gasteiger partial charge in [-0.3, -0.25) is 4.98 Å². The maximum absolute atomic E-state index is 11.5. The predicted molar refractivity (Wildman–Crippen MR) is 88.8 cm³/mol. The number of carboxylic acid groups (broad SMARTS) is 1. The zero-order valence-corrected chi connectivity index (χ0v) is 12.5. The number of pyridine rings is 1. The van der Waals surface area contributed by atoms with E-state index in [1.165, 1.54) is 0 Å². The van der Waals surface area contributed by atoms with Crippen LogP contribution in [0, 0.1) is 0 Å². The van der Waals surface area contributed by atoms with Crippen molar-refractivity contribution in [3.05, 3.63) is 59.2 Å². The highest BCUT2D eigenvalue weighted by molar-refractivity contribution is 6.31. The van der Waals surface area contributed by atoms with Gasteiger partial charge < -0.3 is 10.1 Å². The monoisotopic (exact) mass is 323 g/mol. The van der Waals surface area contributed by atoms with Crippen molar-refractivity contribution in [2.75, 3.05) is 0 Å². The number of aromatic carboxylic acids is 1. The summed E-state index contributed by atoms with van der Waals surface area (Å²) in [6.45, 7) is 0. The normalized spacial score (nSPS) is 11.2. The molecule has 0 unspecified atom stereocenters. The van der Waals surface area contributed by atoms with Gasteiger partial charge in [-0.1, -0.05) is 17.7 Å². The van der Waals surface area contributed by atoms with Gasteiger partial charge in [0.25, 0.3) is 0 Å². The summed E-state index contributed by atoms with van der Waals surface area (Å²) in [4.78, 5) is 23.4. The summed E-state index contributed by atoms with van der Waals surface area (Å²) in [5.41, 5.74) is 2.87. The lowest BCUT2D eigenvalue weighted by Gasteiger charge is -2.04. The summed E-state index contributed by atoms with van der Waals surface area (Å²) in [5, 5.41) is 10.8. The van der Waals surface area contributed by atoms with E-state index in [0.29, 0.717) is 21.9 Å². The number of aromatic nitrogens is 3. The molecule has 0 aliphatic rings. The number of hydrogen-bond donors (Lipinski definition) is 2. The van der Waals surface area contributed by atoms with Crippen molar-refractivity contribution in [1.29, 1.82) is 0 Å². The van der Waals surface area contributed by atoms with Crippen molar-refractivity contribution in [2.24, 2.45) is 0 Å². The predicted octanol–water partition coefficient (Wildman–Crippen LogP) is 4.13. The fraction of sp³-hybridized carbons (Fsp3) is 0. The largest absolute Gasteiger partial charge is 0.478 e. The molecular weight excluding hydrogens is 314 g/mol. The zero-order valence-electron chi connectivity index (χ0n) is 11.7. The maximum Gasteiger partial charge on any atom is 0.337 e. The molecule has 6 heteroatoms. The third-order valence-corrected chi connectivity index (χ3v) is 3.89. The Bertz CT molecular complexity index is 1070. The van der Waals surface area contributed by atoms with Crippen molar-refractivity contribution in [3.63, 3.8) is 0 Å². The van der Waals surface area contributed by atoms with E-state index in [4.69, 9.17) is 11.6 Å². The second kappa shape index (κ2) is 5.07. The first kappa shape index (κ1) is 13.7. The highest BCUT2D eigenvalue weighted by Crippen LogP contribution is 2.27. The molecule has 0 aliphatic carbocycles. The van der Waals surface area contributed by atoms with Crippen LogP contribution >= 0.6 is 11.6 Å². The fourth-order valence-corrected chi connectivity index (χ4v) is 2.78. The van der Waals surface area contributed by atoms with Gasteiger partial charge in [0.15, 0.2) is 0 Å². The number of benzene rings is 2. The Morgan fingerprint density at radius 3 is 2.87 bits per heavy atom. The number of hydrogen-bond acceptors (Lipinski definition) is 3. The average Bonchev–Trinajstić information content (AvgIpc) is 2.96. The van der Waals surface area contributed by atoms with Gasteiger partial charge in [0.2, 0.25) is 0 Å². The summed E-state index contributed by atoms with van der Waals surface area (Å²) < 4.78 is 0. The number of aromatic amines is 1. The molecule has 2 aromatic carbocycles. The number of rotatable bonds is 2. The molecule has 5 nitrogen and oxygen atoms in total. The van der Waals surface area contributed by atoms with Crippen molar-refractivity contribution < 1.29 is 9.90 Å². The average molecular weight is 324 g/mol. The standard InChI is InChI=1S/C17H10ClN3O2/c18-11-3-4-13-14(8-11)21-16(20-13)10-6-9-2-1-5-19-15(9)12(7-10)17(22)23/h1-8H,(H,20,21)(H,22,23). The van der Waals surface area contributed by atoms with Gasteiger partial charge in [-0.2, -0.15) is 0 Å². The van der Waals surface area contributed by atoms with Gasteiger partial charge in [-0.15, -0.1) is 0 Å². The van der Waals surface area contributed by atoms with E-state index in [9.17, 15) is 9.90 Å². The SMILES string of the molecule is O=C(O)c1cc(-c2nc3ccc(Cl)cc3[nH]2)cc2cccnc12. The Hall–Kier alpha value is -2.92. The molecule has 2 N–H and O–H groups in total. The molecule has 0 spiro atoms. The number of carboxylic acids is 1. The molecule has 0 atom stereocenters. The van der Waals surface area contributed by atoms with E-state index in [-0.39, 0.29) is 5.56 Å².